The number of rotatable bonds is 8. The van der Waals surface area contributed by atoms with E-state index in [2.05, 4.69) is 87.1 Å². The molecule has 0 fully saturated rings. The van der Waals surface area contributed by atoms with Crippen molar-refractivity contribution in [3.05, 3.63) is 47.7 Å². The maximum atomic E-state index is 10.6. The summed E-state index contributed by atoms with van der Waals surface area (Å²) in [5.74, 6) is 0. The van der Waals surface area contributed by atoms with Crippen molar-refractivity contribution in [1.82, 2.24) is 4.90 Å². The minimum absolute atomic E-state index is 0.134. The maximum absolute atomic E-state index is 10.6. The molecule has 0 heterocycles. The van der Waals surface area contributed by atoms with Crippen molar-refractivity contribution in [3.63, 3.8) is 0 Å². The summed E-state index contributed by atoms with van der Waals surface area (Å²) in [5.41, 5.74) is 3.57. The number of benzene rings is 1. The van der Waals surface area contributed by atoms with E-state index in [4.69, 9.17) is 0 Å². The van der Waals surface area contributed by atoms with E-state index in [1.807, 2.05) is 6.08 Å². The van der Waals surface area contributed by atoms with E-state index in [1.54, 1.807) is 0 Å². The molecule has 1 aromatic rings. The van der Waals surface area contributed by atoms with Gasteiger partial charge in [0.2, 0.25) is 0 Å². The van der Waals surface area contributed by atoms with Gasteiger partial charge in [-0.15, -0.1) is 0 Å². The molecule has 1 rings (SSSR count). The molecule has 0 saturated heterocycles. The summed E-state index contributed by atoms with van der Waals surface area (Å²) in [4.78, 5) is 2.46. The smallest absolute Gasteiger partial charge is 0.0869 e. The van der Waals surface area contributed by atoms with Gasteiger partial charge in [0, 0.05) is 12.6 Å². The Morgan fingerprint density at radius 1 is 1.04 bits per heavy atom. The molecule has 2 atom stereocenters. The zero-order valence-electron chi connectivity index (χ0n) is 16.0. The monoisotopic (exact) mass is 349 g/mol. The van der Waals surface area contributed by atoms with Crippen LogP contribution in [0.5, 0.6) is 0 Å². The first kappa shape index (κ1) is 20.4. The van der Waals surface area contributed by atoms with Gasteiger partial charge in [0.15, 0.2) is 0 Å². The van der Waals surface area contributed by atoms with Crippen molar-refractivity contribution in [2.75, 3.05) is 6.17 Å². The highest BCUT2D eigenvalue weighted by Crippen LogP contribution is 2.16. The fraction of sp³-hybridized carbons (Fsp3) is 0.579. The van der Waals surface area contributed by atoms with E-state index in [9.17, 15) is 5.11 Å². The highest BCUT2D eigenvalue weighted by molar-refractivity contribution is 6.81. The van der Waals surface area contributed by atoms with Crippen LogP contribution in [-0.4, -0.2) is 44.5 Å². The summed E-state index contributed by atoms with van der Waals surface area (Å²) in [5, 5.41) is 10.6. The molecule has 0 aliphatic carbocycles. The zero-order chi connectivity index (χ0) is 17.7. The Morgan fingerprint density at radius 3 is 2.09 bits per heavy atom. The topological polar surface area (TPSA) is 23.5 Å². The van der Waals surface area contributed by atoms with Gasteiger partial charge in [0.05, 0.1) is 22.3 Å². The van der Waals surface area contributed by atoms with Crippen LogP contribution < -0.4 is 0 Å². The Labute approximate surface area is 145 Å². The molecular formula is C19H35NOSi2. The molecule has 0 aliphatic rings. The third kappa shape index (κ3) is 8.65. The SMILES string of the molecule is C[C@@H]([C@H](O)/C=C/[Si](C)(C)C)N(Cc1ccccc1)C[Si](C)(C)C. The molecular weight excluding hydrogens is 314 g/mol. The molecule has 0 aliphatic heterocycles. The average molecular weight is 350 g/mol. The van der Waals surface area contributed by atoms with Crippen LogP contribution >= 0.6 is 0 Å². The minimum atomic E-state index is -1.27. The Morgan fingerprint density at radius 2 is 1.61 bits per heavy atom. The van der Waals surface area contributed by atoms with E-state index < -0.39 is 22.3 Å². The lowest BCUT2D eigenvalue weighted by atomic mass is 10.1. The van der Waals surface area contributed by atoms with E-state index in [-0.39, 0.29) is 6.04 Å². The molecule has 0 amide bonds. The van der Waals surface area contributed by atoms with Gasteiger partial charge in [0.1, 0.15) is 0 Å². The van der Waals surface area contributed by atoms with Gasteiger partial charge in [-0.3, -0.25) is 4.90 Å². The zero-order valence-corrected chi connectivity index (χ0v) is 18.0. The number of nitrogens with zero attached hydrogens (tertiary/aromatic N) is 1. The molecule has 130 valence electrons. The van der Waals surface area contributed by atoms with E-state index in [0.29, 0.717) is 0 Å². The fourth-order valence-electron chi connectivity index (χ4n) is 2.54. The minimum Gasteiger partial charge on any atom is -0.387 e. The van der Waals surface area contributed by atoms with Crippen molar-refractivity contribution < 1.29 is 5.11 Å². The normalized spacial score (nSPS) is 16.0. The highest BCUT2D eigenvalue weighted by Gasteiger charge is 2.26. The van der Waals surface area contributed by atoms with Crippen LogP contribution in [0.2, 0.25) is 39.3 Å². The Hall–Kier alpha value is -0.686. The molecule has 4 heteroatoms. The third-order valence-electron chi connectivity index (χ3n) is 3.77. The van der Waals surface area contributed by atoms with Gasteiger partial charge in [0.25, 0.3) is 0 Å². The quantitative estimate of drug-likeness (QED) is 0.696. The predicted octanol–water partition coefficient (Wildman–Crippen LogP) is 4.55. The van der Waals surface area contributed by atoms with Crippen molar-refractivity contribution in [3.8, 4) is 0 Å². The molecule has 23 heavy (non-hydrogen) atoms. The first-order valence-electron chi connectivity index (χ1n) is 8.63. The lowest BCUT2D eigenvalue weighted by Crippen LogP contribution is -2.48. The van der Waals surface area contributed by atoms with Gasteiger partial charge in [-0.05, 0) is 18.7 Å². The molecule has 2 nitrogen and oxygen atoms in total. The molecule has 0 spiro atoms. The number of aliphatic hydroxyl groups excluding tert-OH is 1. The van der Waals surface area contributed by atoms with Crippen molar-refractivity contribution >= 4 is 16.1 Å². The van der Waals surface area contributed by atoms with Crippen LogP contribution in [0.3, 0.4) is 0 Å². The van der Waals surface area contributed by atoms with Gasteiger partial charge >= 0.3 is 0 Å². The van der Waals surface area contributed by atoms with Crippen molar-refractivity contribution in [2.45, 2.75) is 64.9 Å². The summed E-state index contributed by atoms with van der Waals surface area (Å²) in [6.07, 6.45) is 2.72. The van der Waals surface area contributed by atoms with Crippen LogP contribution in [0.4, 0.5) is 0 Å². The van der Waals surface area contributed by atoms with Gasteiger partial charge in [-0.1, -0.05) is 81.4 Å². The van der Waals surface area contributed by atoms with Gasteiger partial charge < -0.3 is 5.11 Å². The van der Waals surface area contributed by atoms with E-state index >= 15 is 0 Å². The third-order valence-corrected chi connectivity index (χ3v) is 6.32. The first-order chi connectivity index (χ1) is 10.5. The Balaban J connectivity index is 2.87. The Kier molecular flexibility index (Phi) is 7.46. The van der Waals surface area contributed by atoms with E-state index in [1.165, 1.54) is 5.56 Å². The molecule has 0 saturated carbocycles. The molecule has 0 aromatic heterocycles. The van der Waals surface area contributed by atoms with Crippen LogP contribution in [0.25, 0.3) is 0 Å². The van der Waals surface area contributed by atoms with Crippen LogP contribution in [0.15, 0.2) is 42.1 Å². The van der Waals surface area contributed by atoms with Crippen LogP contribution in [0, 0.1) is 0 Å². The fourth-order valence-corrected chi connectivity index (χ4v) is 4.93. The summed E-state index contributed by atoms with van der Waals surface area (Å²) in [7, 11) is -2.51. The second-order valence-corrected chi connectivity index (χ2v) is 19.4. The second-order valence-electron chi connectivity index (χ2n) is 8.91. The van der Waals surface area contributed by atoms with Gasteiger partial charge in [-0.25, -0.2) is 0 Å². The maximum Gasteiger partial charge on any atom is 0.0869 e. The molecule has 1 aromatic carbocycles. The predicted molar refractivity (Wildman–Crippen MR) is 108 cm³/mol. The molecule has 1 N–H and O–H groups in total. The number of hydrogen-bond donors (Lipinski definition) is 1. The molecule has 0 unspecified atom stereocenters. The number of hydrogen-bond acceptors (Lipinski definition) is 2. The van der Waals surface area contributed by atoms with Crippen LogP contribution in [0.1, 0.15) is 12.5 Å². The second kappa shape index (κ2) is 8.42. The van der Waals surface area contributed by atoms with Crippen molar-refractivity contribution in [2.24, 2.45) is 0 Å². The van der Waals surface area contributed by atoms with E-state index in [0.717, 1.165) is 12.7 Å². The van der Waals surface area contributed by atoms with Crippen molar-refractivity contribution in [1.29, 1.82) is 0 Å². The summed E-state index contributed by atoms with van der Waals surface area (Å²) in [6, 6.07) is 10.7. The Bertz CT molecular complexity index is 488. The first-order valence-corrected chi connectivity index (χ1v) is 15.9. The lowest BCUT2D eigenvalue weighted by molar-refractivity contribution is 0.0953. The van der Waals surface area contributed by atoms with Gasteiger partial charge in [-0.2, -0.15) is 0 Å². The molecule has 0 bridgehead atoms. The highest BCUT2D eigenvalue weighted by atomic mass is 28.3. The molecule has 0 radical (unpaired) electrons. The number of aliphatic hydroxyl groups is 1. The summed E-state index contributed by atoms with van der Waals surface area (Å²) >= 11 is 0. The van der Waals surface area contributed by atoms with Crippen LogP contribution in [-0.2, 0) is 6.54 Å². The standard InChI is InChI=1S/C19H35NOSi2/c1-17(19(21)13-14-22(2,3)4)20(16-23(5,6)7)15-18-11-9-8-10-12-18/h8-14,17,19,21H,15-16H2,1-7H3/b14-13+/t17-,19+/m0/s1. The lowest BCUT2D eigenvalue weighted by Gasteiger charge is -2.35. The summed E-state index contributed by atoms with van der Waals surface area (Å²) in [6.45, 7) is 17.1. The summed E-state index contributed by atoms with van der Waals surface area (Å²) < 4.78 is 0. The largest absolute Gasteiger partial charge is 0.387 e. The average Bonchev–Trinajstić information content (AvgIpc) is 2.42.